The fourth-order valence-corrected chi connectivity index (χ4v) is 4.04. The first-order valence-electron chi connectivity index (χ1n) is 10.4. The molecule has 0 N–H and O–H groups in total. The number of methoxy groups -OCH3 is 1. The van der Waals surface area contributed by atoms with Gasteiger partial charge in [-0.1, -0.05) is 29.8 Å². The van der Waals surface area contributed by atoms with Crippen molar-refractivity contribution in [2.45, 2.75) is 64.1 Å². The van der Waals surface area contributed by atoms with Crippen LogP contribution in [0.4, 0.5) is 4.39 Å². The minimum absolute atomic E-state index is 0.205. The summed E-state index contributed by atoms with van der Waals surface area (Å²) in [6, 6.07) is 10.9. The molecule has 1 saturated heterocycles. The Kier molecular flexibility index (Phi) is 4.86. The van der Waals surface area contributed by atoms with Crippen molar-refractivity contribution in [3.63, 3.8) is 0 Å². The van der Waals surface area contributed by atoms with E-state index in [-0.39, 0.29) is 11.8 Å². The topological polar surface area (TPSA) is 44.8 Å². The quantitative estimate of drug-likeness (QED) is 0.557. The number of aryl methyl sites for hydroxylation is 1. The molecule has 2 aromatic carbocycles. The van der Waals surface area contributed by atoms with Crippen molar-refractivity contribution in [2.24, 2.45) is 0 Å². The summed E-state index contributed by atoms with van der Waals surface area (Å²) in [5, 5.41) is 0. The predicted molar refractivity (Wildman–Crippen MR) is 115 cm³/mol. The highest BCUT2D eigenvalue weighted by Crippen LogP contribution is 2.49. The van der Waals surface area contributed by atoms with Crippen molar-refractivity contribution in [1.29, 1.82) is 0 Å². The molecule has 2 fully saturated rings. The first-order chi connectivity index (χ1) is 14.0. The molecule has 4 rings (SSSR count). The number of benzene rings is 2. The average Bonchev–Trinajstić information content (AvgIpc) is 3.46. The van der Waals surface area contributed by atoms with E-state index in [4.69, 9.17) is 14.0 Å². The molecule has 2 aromatic rings. The third-order valence-electron chi connectivity index (χ3n) is 6.94. The van der Waals surface area contributed by atoms with Crippen LogP contribution >= 0.6 is 0 Å². The SMILES string of the molecule is COC(=O)C1(c2ccc(-c3cc(C)c(B4OC(C)(C)C(C)(C)O4)cc3F)cc2)CC1. The minimum Gasteiger partial charge on any atom is -0.468 e. The Morgan fingerprint density at radius 1 is 1.03 bits per heavy atom. The number of carbonyl (C=O) groups is 1. The molecule has 0 atom stereocenters. The van der Waals surface area contributed by atoms with Gasteiger partial charge in [0.25, 0.3) is 0 Å². The summed E-state index contributed by atoms with van der Waals surface area (Å²) in [7, 11) is 0.812. The average molecular weight is 410 g/mol. The standard InChI is InChI=1S/C24H28BFO4/c1-15-13-18(16-7-9-17(10-8-16)24(11-12-24)21(27)28-6)20(26)14-19(15)25-29-22(2,3)23(4,5)30-25/h7-10,13-14H,11-12H2,1-6H3. The van der Waals surface area contributed by atoms with Crippen molar-refractivity contribution in [2.75, 3.05) is 7.11 Å². The summed E-state index contributed by atoms with van der Waals surface area (Å²) in [5.74, 6) is -0.531. The first kappa shape index (κ1) is 21.1. The largest absolute Gasteiger partial charge is 0.495 e. The van der Waals surface area contributed by atoms with Crippen LogP contribution in [0, 0.1) is 12.7 Å². The zero-order valence-corrected chi connectivity index (χ0v) is 18.5. The van der Waals surface area contributed by atoms with E-state index in [2.05, 4.69) is 0 Å². The molecule has 30 heavy (non-hydrogen) atoms. The van der Waals surface area contributed by atoms with Gasteiger partial charge in [0.1, 0.15) is 5.82 Å². The van der Waals surface area contributed by atoms with Crippen LogP contribution in [0.15, 0.2) is 36.4 Å². The molecule has 0 unspecified atom stereocenters. The van der Waals surface area contributed by atoms with E-state index in [1.54, 1.807) is 0 Å². The van der Waals surface area contributed by atoms with Gasteiger partial charge in [-0.25, -0.2) is 4.39 Å². The van der Waals surface area contributed by atoms with Crippen molar-refractivity contribution < 1.29 is 23.2 Å². The van der Waals surface area contributed by atoms with E-state index in [0.29, 0.717) is 11.0 Å². The zero-order valence-electron chi connectivity index (χ0n) is 18.5. The van der Waals surface area contributed by atoms with E-state index >= 15 is 4.39 Å². The number of carbonyl (C=O) groups excluding carboxylic acids is 1. The molecule has 6 heteroatoms. The van der Waals surface area contributed by atoms with E-state index in [1.807, 2.05) is 65.0 Å². The van der Waals surface area contributed by atoms with Crippen molar-refractivity contribution >= 4 is 18.6 Å². The number of hydrogen-bond donors (Lipinski definition) is 0. The Hall–Kier alpha value is -2.18. The summed E-state index contributed by atoms with van der Waals surface area (Å²) in [5.41, 5.74) is 2.33. The molecule has 1 saturated carbocycles. The van der Waals surface area contributed by atoms with Crippen molar-refractivity contribution in [1.82, 2.24) is 0 Å². The number of esters is 1. The number of rotatable bonds is 4. The lowest BCUT2D eigenvalue weighted by molar-refractivity contribution is -0.143. The monoisotopic (exact) mass is 410 g/mol. The first-order valence-corrected chi connectivity index (χ1v) is 10.4. The molecule has 158 valence electrons. The lowest BCUT2D eigenvalue weighted by Gasteiger charge is -2.32. The Labute approximate surface area is 177 Å². The van der Waals surface area contributed by atoms with Gasteiger partial charge in [-0.05, 0) is 76.2 Å². The Bertz CT molecular complexity index is 977. The molecule has 0 amide bonds. The van der Waals surface area contributed by atoms with E-state index in [1.165, 1.54) is 13.2 Å². The highest BCUT2D eigenvalue weighted by molar-refractivity contribution is 6.62. The van der Waals surface area contributed by atoms with E-state index in [0.717, 1.165) is 29.5 Å². The van der Waals surface area contributed by atoms with Gasteiger partial charge in [-0.3, -0.25) is 4.79 Å². The molecule has 0 radical (unpaired) electrons. The van der Waals surface area contributed by atoms with Crippen LogP contribution in [0.5, 0.6) is 0 Å². The highest BCUT2D eigenvalue weighted by atomic mass is 19.1. The lowest BCUT2D eigenvalue weighted by atomic mass is 9.75. The molecule has 0 spiro atoms. The normalized spacial score (nSPS) is 20.8. The van der Waals surface area contributed by atoms with E-state index < -0.39 is 23.7 Å². The van der Waals surface area contributed by atoms with Gasteiger partial charge in [-0.15, -0.1) is 0 Å². The van der Waals surface area contributed by atoms with Crippen molar-refractivity contribution in [3.8, 4) is 11.1 Å². The minimum atomic E-state index is -0.601. The molecule has 4 nitrogen and oxygen atoms in total. The summed E-state index contributed by atoms with van der Waals surface area (Å²) < 4.78 is 32.2. The lowest BCUT2D eigenvalue weighted by Crippen LogP contribution is -2.41. The Balaban J connectivity index is 1.63. The molecule has 0 bridgehead atoms. The second-order valence-electron chi connectivity index (χ2n) is 9.43. The molecule has 1 aliphatic heterocycles. The van der Waals surface area contributed by atoms with Gasteiger partial charge >= 0.3 is 13.1 Å². The molecular weight excluding hydrogens is 382 g/mol. The summed E-state index contributed by atoms with van der Waals surface area (Å²) in [4.78, 5) is 12.1. The summed E-state index contributed by atoms with van der Waals surface area (Å²) in [6.07, 6.45) is 1.57. The highest BCUT2D eigenvalue weighted by Gasteiger charge is 2.53. The van der Waals surface area contributed by atoms with E-state index in [9.17, 15) is 4.79 Å². The Morgan fingerprint density at radius 3 is 2.10 bits per heavy atom. The van der Waals surface area contributed by atoms with Crippen LogP contribution in [0.3, 0.4) is 0 Å². The number of halogens is 1. The second-order valence-corrected chi connectivity index (χ2v) is 9.43. The van der Waals surface area contributed by atoms with Crippen LogP contribution in [-0.4, -0.2) is 31.4 Å². The molecular formula is C24H28BFO4. The third-order valence-corrected chi connectivity index (χ3v) is 6.94. The maximum atomic E-state index is 15.1. The smallest absolute Gasteiger partial charge is 0.468 e. The Morgan fingerprint density at radius 2 is 1.60 bits per heavy atom. The van der Waals surface area contributed by atoms with Crippen LogP contribution < -0.4 is 5.46 Å². The summed E-state index contributed by atoms with van der Waals surface area (Å²) >= 11 is 0. The van der Waals surface area contributed by atoms with Crippen LogP contribution in [0.1, 0.15) is 51.7 Å². The third kappa shape index (κ3) is 3.26. The van der Waals surface area contributed by atoms with Gasteiger partial charge < -0.3 is 14.0 Å². The summed E-state index contributed by atoms with van der Waals surface area (Å²) in [6.45, 7) is 9.87. The fourth-order valence-electron chi connectivity index (χ4n) is 4.04. The maximum absolute atomic E-state index is 15.1. The van der Waals surface area contributed by atoms with Gasteiger partial charge in [0.05, 0.1) is 23.7 Å². The maximum Gasteiger partial charge on any atom is 0.495 e. The van der Waals surface area contributed by atoms with Crippen LogP contribution in [0.25, 0.3) is 11.1 Å². The molecule has 1 heterocycles. The van der Waals surface area contributed by atoms with Crippen LogP contribution in [-0.2, 0) is 24.3 Å². The molecule has 2 aliphatic rings. The van der Waals surface area contributed by atoms with Gasteiger partial charge in [0, 0.05) is 5.56 Å². The van der Waals surface area contributed by atoms with Gasteiger partial charge in [-0.2, -0.15) is 0 Å². The number of ether oxygens (including phenoxy) is 1. The zero-order chi connectivity index (χ0) is 21.9. The predicted octanol–water partition coefficient (Wildman–Crippen LogP) is 4.30. The molecule has 0 aromatic heterocycles. The fraction of sp³-hybridized carbons (Fsp3) is 0.458. The van der Waals surface area contributed by atoms with Crippen LogP contribution in [0.2, 0.25) is 0 Å². The number of hydrogen-bond acceptors (Lipinski definition) is 4. The van der Waals surface area contributed by atoms with Crippen molar-refractivity contribution in [3.05, 3.63) is 53.3 Å². The van der Waals surface area contributed by atoms with Gasteiger partial charge in [0.15, 0.2) is 0 Å². The van der Waals surface area contributed by atoms with Gasteiger partial charge in [0.2, 0.25) is 0 Å². The second kappa shape index (κ2) is 6.93. The molecule has 1 aliphatic carbocycles.